The quantitative estimate of drug-likeness (QED) is 0.539. The van der Waals surface area contributed by atoms with Gasteiger partial charge in [-0.3, -0.25) is 14.3 Å². The molecular formula is C24H32FN3O5S. The molecule has 0 aliphatic rings. The number of benzene rings is 2. The lowest BCUT2D eigenvalue weighted by Gasteiger charge is -2.27. The molecule has 0 saturated carbocycles. The van der Waals surface area contributed by atoms with E-state index in [0.29, 0.717) is 12.1 Å². The van der Waals surface area contributed by atoms with Gasteiger partial charge in [0.1, 0.15) is 18.0 Å². The van der Waals surface area contributed by atoms with Crippen LogP contribution < -0.4 is 4.72 Å². The summed E-state index contributed by atoms with van der Waals surface area (Å²) in [6.07, 6.45) is 0. The Hall–Kier alpha value is -2.98. The van der Waals surface area contributed by atoms with Gasteiger partial charge in [-0.15, -0.1) is 0 Å². The Kier molecular flexibility index (Phi) is 8.79. The predicted molar refractivity (Wildman–Crippen MR) is 129 cm³/mol. The fraction of sp³-hybridized carbons (Fsp3) is 0.417. The van der Waals surface area contributed by atoms with E-state index in [1.165, 1.54) is 35.2 Å². The summed E-state index contributed by atoms with van der Waals surface area (Å²) in [4.78, 5) is 28.9. The number of likely N-dealkylation sites (N-methyl/N-ethyl adjacent to an activating group) is 1. The number of nitrogens with one attached hydrogen (secondary N) is 1. The zero-order valence-corrected chi connectivity index (χ0v) is 21.2. The van der Waals surface area contributed by atoms with Gasteiger partial charge in [0.05, 0.1) is 4.90 Å². The van der Waals surface area contributed by atoms with E-state index in [-0.39, 0.29) is 29.2 Å². The highest BCUT2D eigenvalue weighted by Gasteiger charge is 2.25. The Morgan fingerprint density at radius 1 is 1.03 bits per heavy atom. The molecular weight excluding hydrogens is 461 g/mol. The summed E-state index contributed by atoms with van der Waals surface area (Å²) in [5, 5.41) is 0. The molecule has 0 bridgehead atoms. The maximum absolute atomic E-state index is 13.4. The minimum Gasteiger partial charge on any atom is -0.459 e. The first-order valence-electron chi connectivity index (χ1n) is 10.7. The van der Waals surface area contributed by atoms with Gasteiger partial charge < -0.3 is 14.5 Å². The summed E-state index contributed by atoms with van der Waals surface area (Å²) in [6, 6.07) is 9.08. The van der Waals surface area contributed by atoms with Gasteiger partial charge in [0.25, 0.3) is 15.9 Å². The monoisotopic (exact) mass is 493 g/mol. The average Bonchev–Trinajstić information content (AvgIpc) is 2.71. The maximum Gasteiger partial charge on any atom is 0.326 e. The molecule has 0 radical (unpaired) electrons. The number of sulfonamides is 1. The number of halogens is 1. The maximum atomic E-state index is 13.4. The molecule has 1 amide bonds. The number of aryl methyl sites for hydroxylation is 1. The van der Waals surface area contributed by atoms with E-state index in [0.717, 1.165) is 12.1 Å². The second-order valence-electron chi connectivity index (χ2n) is 9.21. The van der Waals surface area contributed by atoms with Crippen LogP contribution in [0.2, 0.25) is 0 Å². The largest absolute Gasteiger partial charge is 0.459 e. The molecule has 0 aliphatic heterocycles. The summed E-state index contributed by atoms with van der Waals surface area (Å²) < 4.78 is 46.6. The molecule has 2 aromatic carbocycles. The van der Waals surface area contributed by atoms with Gasteiger partial charge in [0.15, 0.2) is 0 Å². The summed E-state index contributed by atoms with van der Waals surface area (Å²) in [5.41, 5.74) is 0.199. The fourth-order valence-corrected chi connectivity index (χ4v) is 4.09. The number of amides is 1. The molecule has 0 atom stereocenters. The first-order valence-corrected chi connectivity index (χ1v) is 12.2. The van der Waals surface area contributed by atoms with Gasteiger partial charge in [0.2, 0.25) is 0 Å². The number of rotatable bonds is 9. The number of nitrogens with zero attached hydrogens (tertiary/aromatic N) is 2. The van der Waals surface area contributed by atoms with Crippen molar-refractivity contribution >= 4 is 27.6 Å². The van der Waals surface area contributed by atoms with Crippen molar-refractivity contribution in [2.45, 2.75) is 38.2 Å². The van der Waals surface area contributed by atoms with Crippen LogP contribution in [-0.4, -0.2) is 69.4 Å². The minimum atomic E-state index is -4.04. The van der Waals surface area contributed by atoms with Crippen molar-refractivity contribution in [3.8, 4) is 0 Å². The fourth-order valence-electron chi connectivity index (χ4n) is 3.00. The van der Waals surface area contributed by atoms with E-state index in [9.17, 15) is 22.4 Å². The van der Waals surface area contributed by atoms with Gasteiger partial charge in [-0.1, -0.05) is 6.07 Å². The van der Waals surface area contributed by atoms with Crippen LogP contribution in [0, 0.1) is 12.7 Å². The highest BCUT2D eigenvalue weighted by molar-refractivity contribution is 7.92. The lowest BCUT2D eigenvalue weighted by Crippen LogP contribution is -2.42. The SMILES string of the molecule is Cc1ccc(S(=O)(=O)Nc2ccc(F)cc2)cc1C(=O)N(CCN(C)C)CC(=O)OC(C)(C)C. The predicted octanol–water partition coefficient (Wildman–Crippen LogP) is 3.28. The van der Waals surface area contributed by atoms with Crippen molar-refractivity contribution in [2.75, 3.05) is 38.5 Å². The van der Waals surface area contributed by atoms with Crippen molar-refractivity contribution in [3.05, 3.63) is 59.4 Å². The zero-order chi connectivity index (χ0) is 25.7. The first kappa shape index (κ1) is 27.3. The van der Waals surface area contributed by atoms with Crippen LogP contribution in [0.3, 0.4) is 0 Å². The summed E-state index contributed by atoms with van der Waals surface area (Å²) >= 11 is 0. The van der Waals surface area contributed by atoms with Crippen LogP contribution >= 0.6 is 0 Å². The van der Waals surface area contributed by atoms with Crippen LogP contribution in [0.4, 0.5) is 10.1 Å². The van der Waals surface area contributed by atoms with E-state index in [2.05, 4.69) is 4.72 Å². The van der Waals surface area contributed by atoms with Crippen molar-refractivity contribution in [3.63, 3.8) is 0 Å². The van der Waals surface area contributed by atoms with E-state index in [1.807, 2.05) is 19.0 Å². The molecule has 0 unspecified atom stereocenters. The molecule has 0 fully saturated rings. The molecule has 0 spiro atoms. The smallest absolute Gasteiger partial charge is 0.326 e. The van der Waals surface area contributed by atoms with E-state index in [1.54, 1.807) is 27.7 Å². The third-order valence-corrected chi connectivity index (χ3v) is 6.07. The average molecular weight is 494 g/mol. The van der Waals surface area contributed by atoms with Gasteiger partial charge in [-0.2, -0.15) is 0 Å². The van der Waals surface area contributed by atoms with Crippen molar-refractivity contribution < 1.29 is 27.1 Å². The Labute approximate surface area is 200 Å². The number of carbonyl (C=O) groups is 2. The Morgan fingerprint density at radius 2 is 1.65 bits per heavy atom. The molecule has 2 aromatic rings. The van der Waals surface area contributed by atoms with Crippen molar-refractivity contribution in [1.82, 2.24) is 9.80 Å². The second kappa shape index (κ2) is 11.0. The summed E-state index contributed by atoms with van der Waals surface area (Å²) in [7, 11) is -0.355. The topological polar surface area (TPSA) is 96.0 Å². The lowest BCUT2D eigenvalue weighted by atomic mass is 10.1. The van der Waals surface area contributed by atoms with Crippen molar-refractivity contribution in [1.29, 1.82) is 0 Å². The molecule has 34 heavy (non-hydrogen) atoms. The second-order valence-corrected chi connectivity index (χ2v) is 10.9. The van der Waals surface area contributed by atoms with E-state index < -0.39 is 33.3 Å². The van der Waals surface area contributed by atoms with Crippen molar-refractivity contribution in [2.24, 2.45) is 0 Å². The molecule has 2 rings (SSSR count). The molecule has 0 saturated heterocycles. The van der Waals surface area contributed by atoms with E-state index >= 15 is 0 Å². The summed E-state index contributed by atoms with van der Waals surface area (Å²) in [6.45, 7) is 7.38. The molecule has 0 aliphatic carbocycles. The lowest BCUT2D eigenvalue weighted by molar-refractivity contribution is -0.155. The molecule has 10 heteroatoms. The highest BCUT2D eigenvalue weighted by Crippen LogP contribution is 2.21. The van der Waals surface area contributed by atoms with Gasteiger partial charge >= 0.3 is 5.97 Å². The van der Waals surface area contributed by atoms with Crippen LogP contribution in [0.1, 0.15) is 36.7 Å². The van der Waals surface area contributed by atoms with Gasteiger partial charge in [-0.05, 0) is 83.8 Å². The van der Waals surface area contributed by atoms with Gasteiger partial charge in [0, 0.05) is 24.3 Å². The van der Waals surface area contributed by atoms with Crippen LogP contribution in [-0.2, 0) is 19.6 Å². The van der Waals surface area contributed by atoms with Crippen LogP contribution in [0.5, 0.6) is 0 Å². The van der Waals surface area contributed by atoms with Crippen LogP contribution in [0.25, 0.3) is 0 Å². The first-order chi connectivity index (χ1) is 15.7. The Balaban J connectivity index is 2.34. The number of esters is 1. The third-order valence-electron chi connectivity index (χ3n) is 4.69. The number of ether oxygens (including phenoxy) is 1. The molecule has 1 N–H and O–H groups in total. The van der Waals surface area contributed by atoms with E-state index in [4.69, 9.17) is 4.74 Å². The number of carbonyl (C=O) groups excluding carboxylic acids is 2. The number of anilines is 1. The Morgan fingerprint density at radius 3 is 2.21 bits per heavy atom. The Bertz CT molecular complexity index is 1130. The normalized spacial score (nSPS) is 11.9. The summed E-state index contributed by atoms with van der Waals surface area (Å²) in [5.74, 6) is -1.53. The zero-order valence-electron chi connectivity index (χ0n) is 20.4. The number of hydrogen-bond donors (Lipinski definition) is 1. The molecule has 8 nitrogen and oxygen atoms in total. The molecule has 0 aromatic heterocycles. The molecule has 0 heterocycles. The van der Waals surface area contributed by atoms with Gasteiger partial charge in [-0.25, -0.2) is 12.8 Å². The standard InChI is InChI=1S/C24H32FN3O5S/c1-17-7-12-20(34(31,32)26-19-10-8-18(25)9-11-19)15-21(17)23(30)28(14-13-27(5)6)16-22(29)33-24(2,3)4/h7-12,15,26H,13-14,16H2,1-6H3. The number of hydrogen-bond acceptors (Lipinski definition) is 6. The van der Waals surface area contributed by atoms with Crippen LogP contribution in [0.15, 0.2) is 47.4 Å². The molecule has 186 valence electrons. The minimum absolute atomic E-state index is 0.129. The highest BCUT2D eigenvalue weighted by atomic mass is 32.2. The third kappa shape index (κ3) is 8.11.